The molecule has 1 heterocycles. The van der Waals surface area contributed by atoms with E-state index in [0.29, 0.717) is 35.7 Å². The Morgan fingerprint density at radius 3 is 2.50 bits per heavy atom. The lowest BCUT2D eigenvalue weighted by molar-refractivity contribution is 0.0634. The SMILES string of the molecule is CCC(=O)c1ccc(C(=O)N2CCNCC2c2cccc(Cl)c2)cc1.Cl. The summed E-state index contributed by atoms with van der Waals surface area (Å²) in [5.74, 6) is 0.0555. The van der Waals surface area contributed by atoms with Gasteiger partial charge < -0.3 is 10.2 Å². The van der Waals surface area contributed by atoms with Crippen molar-refractivity contribution in [3.8, 4) is 0 Å². The van der Waals surface area contributed by atoms with Crippen molar-refractivity contribution in [2.75, 3.05) is 19.6 Å². The fraction of sp³-hybridized carbons (Fsp3) is 0.300. The topological polar surface area (TPSA) is 49.4 Å². The van der Waals surface area contributed by atoms with Crippen LogP contribution in [0.2, 0.25) is 5.02 Å². The summed E-state index contributed by atoms with van der Waals surface area (Å²) >= 11 is 6.11. The lowest BCUT2D eigenvalue weighted by Gasteiger charge is -2.36. The molecule has 0 aromatic heterocycles. The average molecular weight is 393 g/mol. The molecule has 0 aliphatic carbocycles. The van der Waals surface area contributed by atoms with Crippen LogP contribution in [0.4, 0.5) is 0 Å². The second kappa shape index (κ2) is 9.17. The Hall–Kier alpha value is -1.88. The maximum absolute atomic E-state index is 13.0. The van der Waals surface area contributed by atoms with Crippen LogP contribution in [0.25, 0.3) is 0 Å². The van der Waals surface area contributed by atoms with Gasteiger partial charge in [-0.15, -0.1) is 12.4 Å². The first-order valence-corrected chi connectivity index (χ1v) is 8.88. The van der Waals surface area contributed by atoms with Crippen LogP contribution < -0.4 is 5.32 Å². The van der Waals surface area contributed by atoms with E-state index >= 15 is 0 Å². The van der Waals surface area contributed by atoms with Gasteiger partial charge in [0.05, 0.1) is 6.04 Å². The molecule has 138 valence electrons. The maximum Gasteiger partial charge on any atom is 0.254 e. The molecule has 3 rings (SSSR count). The summed E-state index contributed by atoms with van der Waals surface area (Å²) in [5.41, 5.74) is 2.26. The number of Topliss-reactive ketones (excluding diaryl/α,β-unsaturated/α-hetero) is 1. The van der Waals surface area contributed by atoms with Gasteiger partial charge in [0.2, 0.25) is 0 Å². The molecule has 1 N–H and O–H groups in total. The van der Waals surface area contributed by atoms with Crippen molar-refractivity contribution < 1.29 is 9.59 Å². The molecule has 0 bridgehead atoms. The Balaban J connectivity index is 0.00000243. The lowest BCUT2D eigenvalue weighted by Crippen LogP contribution is -2.48. The minimum atomic E-state index is -0.0584. The van der Waals surface area contributed by atoms with Gasteiger partial charge in [-0.05, 0) is 29.8 Å². The van der Waals surface area contributed by atoms with Gasteiger partial charge in [-0.3, -0.25) is 9.59 Å². The van der Waals surface area contributed by atoms with E-state index in [2.05, 4.69) is 5.32 Å². The molecule has 1 aliphatic heterocycles. The molecule has 4 nitrogen and oxygen atoms in total. The molecule has 0 radical (unpaired) electrons. The van der Waals surface area contributed by atoms with Crippen molar-refractivity contribution in [3.05, 3.63) is 70.2 Å². The first-order chi connectivity index (χ1) is 12.1. The van der Waals surface area contributed by atoms with E-state index in [1.54, 1.807) is 24.3 Å². The molecule has 1 fully saturated rings. The smallest absolute Gasteiger partial charge is 0.254 e. The predicted octanol–water partition coefficient (Wildman–Crippen LogP) is 4.14. The molecule has 2 aromatic carbocycles. The van der Waals surface area contributed by atoms with Crippen molar-refractivity contribution in [1.29, 1.82) is 0 Å². The number of nitrogens with one attached hydrogen (secondary N) is 1. The number of nitrogens with zero attached hydrogens (tertiary/aromatic N) is 1. The number of benzene rings is 2. The summed E-state index contributed by atoms with van der Waals surface area (Å²) in [6.45, 7) is 3.91. The Bertz CT molecular complexity index is 778. The average Bonchev–Trinajstić information content (AvgIpc) is 2.67. The van der Waals surface area contributed by atoms with E-state index in [1.807, 2.05) is 36.1 Å². The molecule has 26 heavy (non-hydrogen) atoms. The summed E-state index contributed by atoms with van der Waals surface area (Å²) in [6, 6.07) is 14.5. The third-order valence-corrected chi connectivity index (χ3v) is 4.75. The number of halogens is 2. The van der Waals surface area contributed by atoms with Gasteiger partial charge >= 0.3 is 0 Å². The highest BCUT2D eigenvalue weighted by atomic mass is 35.5. The normalized spacial score (nSPS) is 16.7. The Kier molecular flexibility index (Phi) is 7.21. The van der Waals surface area contributed by atoms with Crippen LogP contribution in [-0.2, 0) is 0 Å². The zero-order valence-corrected chi connectivity index (χ0v) is 16.1. The van der Waals surface area contributed by atoms with Crippen LogP contribution in [0.1, 0.15) is 45.7 Å². The molecular weight excluding hydrogens is 371 g/mol. The van der Waals surface area contributed by atoms with E-state index in [0.717, 1.165) is 12.1 Å². The summed E-state index contributed by atoms with van der Waals surface area (Å²) in [7, 11) is 0. The molecule has 0 spiro atoms. The number of hydrogen-bond acceptors (Lipinski definition) is 3. The van der Waals surface area contributed by atoms with Crippen LogP contribution in [-0.4, -0.2) is 36.2 Å². The number of carbonyl (C=O) groups excluding carboxylic acids is 2. The van der Waals surface area contributed by atoms with E-state index in [9.17, 15) is 9.59 Å². The Morgan fingerprint density at radius 2 is 1.85 bits per heavy atom. The Morgan fingerprint density at radius 1 is 1.15 bits per heavy atom. The van der Waals surface area contributed by atoms with Gasteiger partial charge in [0, 0.05) is 42.2 Å². The van der Waals surface area contributed by atoms with E-state index in [1.165, 1.54) is 0 Å². The third kappa shape index (κ3) is 4.44. The molecule has 1 amide bonds. The van der Waals surface area contributed by atoms with Crippen LogP contribution in [0.3, 0.4) is 0 Å². The first kappa shape index (κ1) is 20.4. The van der Waals surface area contributed by atoms with E-state index in [4.69, 9.17) is 11.6 Å². The standard InChI is InChI=1S/C20H21ClN2O2.ClH/c1-2-19(24)14-6-8-15(9-7-14)20(25)23-11-10-22-13-18(23)16-4-3-5-17(21)12-16;/h3-9,12,18,22H,2,10-11,13H2,1H3;1H. The number of rotatable bonds is 4. The van der Waals surface area contributed by atoms with Gasteiger partial charge in [-0.2, -0.15) is 0 Å². The highest BCUT2D eigenvalue weighted by Crippen LogP contribution is 2.26. The lowest BCUT2D eigenvalue weighted by atomic mass is 10.0. The van der Waals surface area contributed by atoms with Crippen LogP contribution >= 0.6 is 24.0 Å². The summed E-state index contributed by atoms with van der Waals surface area (Å²) in [6.07, 6.45) is 0.460. The largest absolute Gasteiger partial charge is 0.329 e. The fourth-order valence-electron chi connectivity index (χ4n) is 3.13. The third-order valence-electron chi connectivity index (χ3n) is 4.51. The van der Waals surface area contributed by atoms with Crippen molar-refractivity contribution in [2.24, 2.45) is 0 Å². The van der Waals surface area contributed by atoms with Gasteiger partial charge in [0.25, 0.3) is 5.91 Å². The van der Waals surface area contributed by atoms with E-state index in [-0.39, 0.29) is 30.1 Å². The van der Waals surface area contributed by atoms with Crippen molar-refractivity contribution in [3.63, 3.8) is 0 Å². The second-order valence-electron chi connectivity index (χ2n) is 6.13. The molecule has 6 heteroatoms. The molecule has 1 aliphatic rings. The van der Waals surface area contributed by atoms with Gasteiger partial charge in [-0.1, -0.05) is 42.8 Å². The fourth-order valence-corrected chi connectivity index (χ4v) is 3.33. The van der Waals surface area contributed by atoms with Crippen LogP contribution in [0.5, 0.6) is 0 Å². The van der Waals surface area contributed by atoms with Crippen LogP contribution in [0, 0.1) is 0 Å². The summed E-state index contributed by atoms with van der Waals surface area (Å²) in [5, 5.41) is 4.00. The molecular formula is C20H22Cl2N2O2. The van der Waals surface area contributed by atoms with Crippen molar-refractivity contribution in [1.82, 2.24) is 10.2 Å². The molecule has 1 atom stereocenters. The maximum atomic E-state index is 13.0. The van der Waals surface area contributed by atoms with Crippen molar-refractivity contribution >= 4 is 35.7 Å². The molecule has 2 aromatic rings. The monoisotopic (exact) mass is 392 g/mol. The highest BCUT2D eigenvalue weighted by Gasteiger charge is 2.28. The quantitative estimate of drug-likeness (QED) is 0.795. The number of amides is 1. The zero-order valence-electron chi connectivity index (χ0n) is 14.6. The van der Waals surface area contributed by atoms with Gasteiger partial charge in [0.15, 0.2) is 5.78 Å². The molecule has 1 unspecified atom stereocenters. The number of carbonyl (C=O) groups is 2. The number of hydrogen-bond donors (Lipinski definition) is 1. The van der Waals surface area contributed by atoms with E-state index < -0.39 is 0 Å². The van der Waals surface area contributed by atoms with Gasteiger partial charge in [-0.25, -0.2) is 0 Å². The summed E-state index contributed by atoms with van der Waals surface area (Å²) in [4.78, 5) is 26.6. The Labute approximate surface area is 164 Å². The molecule has 0 saturated carbocycles. The molecule has 1 saturated heterocycles. The van der Waals surface area contributed by atoms with Crippen molar-refractivity contribution in [2.45, 2.75) is 19.4 Å². The zero-order chi connectivity index (χ0) is 17.8. The number of piperazine rings is 1. The van der Waals surface area contributed by atoms with Crippen LogP contribution in [0.15, 0.2) is 48.5 Å². The predicted molar refractivity (Wildman–Crippen MR) is 106 cm³/mol. The highest BCUT2D eigenvalue weighted by molar-refractivity contribution is 6.30. The number of ketones is 1. The minimum absolute atomic E-state index is 0. The van der Waals surface area contributed by atoms with Gasteiger partial charge in [0.1, 0.15) is 0 Å². The first-order valence-electron chi connectivity index (χ1n) is 8.50. The second-order valence-corrected chi connectivity index (χ2v) is 6.56. The summed E-state index contributed by atoms with van der Waals surface area (Å²) < 4.78 is 0. The minimum Gasteiger partial charge on any atom is -0.329 e.